The Morgan fingerprint density at radius 1 is 1.42 bits per heavy atom. The van der Waals surface area contributed by atoms with Gasteiger partial charge in [0.15, 0.2) is 0 Å². The van der Waals surface area contributed by atoms with Crippen LogP contribution in [0, 0.1) is 5.92 Å². The average molecular weight is 264 g/mol. The van der Waals surface area contributed by atoms with E-state index in [1.54, 1.807) is 6.92 Å². The molecule has 0 atom stereocenters. The van der Waals surface area contributed by atoms with E-state index in [1.807, 2.05) is 18.0 Å². The van der Waals surface area contributed by atoms with Crippen molar-refractivity contribution in [2.45, 2.75) is 33.6 Å². The van der Waals surface area contributed by atoms with E-state index in [4.69, 9.17) is 0 Å². The van der Waals surface area contributed by atoms with Crippen LogP contribution in [0.5, 0.6) is 0 Å². The molecule has 106 valence electrons. The van der Waals surface area contributed by atoms with Crippen molar-refractivity contribution in [2.24, 2.45) is 5.92 Å². The fraction of sp³-hybridized carbons (Fsp3) is 0.643. The largest absolute Gasteiger partial charge is 0.370 e. The highest BCUT2D eigenvalue weighted by Gasteiger charge is 2.06. The first-order chi connectivity index (χ1) is 8.99. The molecule has 0 radical (unpaired) electrons. The molecule has 0 aliphatic rings. The summed E-state index contributed by atoms with van der Waals surface area (Å²) in [6.07, 6.45) is 3.85. The minimum absolute atomic E-state index is 0.118. The summed E-state index contributed by atoms with van der Waals surface area (Å²) in [5.41, 5.74) is 0. The summed E-state index contributed by atoms with van der Waals surface area (Å²) in [5, 5.41) is 3.29. The van der Waals surface area contributed by atoms with Crippen molar-refractivity contribution in [1.82, 2.24) is 9.97 Å². The van der Waals surface area contributed by atoms with Crippen molar-refractivity contribution in [3.63, 3.8) is 0 Å². The summed E-state index contributed by atoms with van der Waals surface area (Å²) < 4.78 is 0. The van der Waals surface area contributed by atoms with Gasteiger partial charge in [0.05, 0.1) is 6.54 Å². The molecule has 0 aliphatic carbocycles. The highest BCUT2D eigenvalue weighted by atomic mass is 16.1. The molecule has 0 bridgehead atoms. The number of nitrogens with one attached hydrogen (secondary N) is 1. The van der Waals surface area contributed by atoms with Gasteiger partial charge in [0, 0.05) is 19.7 Å². The third kappa shape index (κ3) is 6.18. The van der Waals surface area contributed by atoms with Gasteiger partial charge in [-0.25, -0.2) is 9.97 Å². The zero-order valence-corrected chi connectivity index (χ0v) is 12.3. The smallest absolute Gasteiger partial charge is 0.149 e. The first-order valence-corrected chi connectivity index (χ1v) is 6.75. The lowest BCUT2D eigenvalue weighted by atomic mass is 10.1. The van der Waals surface area contributed by atoms with Crippen molar-refractivity contribution < 1.29 is 4.79 Å². The predicted octanol–water partition coefficient (Wildman–Crippen LogP) is 2.35. The molecule has 0 aliphatic heterocycles. The highest BCUT2D eigenvalue weighted by molar-refractivity contribution is 5.80. The van der Waals surface area contributed by atoms with E-state index >= 15 is 0 Å². The molecule has 1 rings (SSSR count). The Labute approximate surface area is 115 Å². The van der Waals surface area contributed by atoms with Gasteiger partial charge in [-0.15, -0.1) is 0 Å². The summed E-state index contributed by atoms with van der Waals surface area (Å²) in [4.78, 5) is 21.3. The lowest BCUT2D eigenvalue weighted by Crippen LogP contribution is -2.24. The number of rotatable bonds is 8. The Bertz CT molecular complexity index is 406. The van der Waals surface area contributed by atoms with Gasteiger partial charge < -0.3 is 10.2 Å². The predicted molar refractivity (Wildman–Crippen MR) is 78.5 cm³/mol. The van der Waals surface area contributed by atoms with Crippen LogP contribution in [0.2, 0.25) is 0 Å². The van der Waals surface area contributed by atoms with Gasteiger partial charge in [-0.1, -0.05) is 13.8 Å². The number of hydrogen-bond acceptors (Lipinski definition) is 5. The van der Waals surface area contributed by atoms with E-state index in [0.717, 1.165) is 30.5 Å². The van der Waals surface area contributed by atoms with Crippen molar-refractivity contribution >= 4 is 17.4 Å². The molecule has 1 N–H and O–H groups in total. The molecule has 0 fully saturated rings. The van der Waals surface area contributed by atoms with Crippen molar-refractivity contribution in [3.05, 3.63) is 12.4 Å². The van der Waals surface area contributed by atoms with Crippen LogP contribution in [0.15, 0.2) is 12.4 Å². The lowest BCUT2D eigenvalue weighted by Gasteiger charge is -2.16. The summed E-state index contributed by atoms with van der Waals surface area (Å²) in [7, 11) is 1.85. The number of hydrogen-bond donors (Lipinski definition) is 1. The van der Waals surface area contributed by atoms with E-state index in [0.29, 0.717) is 6.54 Å². The maximum atomic E-state index is 11.1. The second kappa shape index (κ2) is 7.71. The van der Waals surface area contributed by atoms with Crippen LogP contribution in [-0.4, -0.2) is 35.9 Å². The maximum Gasteiger partial charge on any atom is 0.149 e. The van der Waals surface area contributed by atoms with Gasteiger partial charge in [0.2, 0.25) is 0 Å². The van der Waals surface area contributed by atoms with Gasteiger partial charge in [-0.05, 0) is 25.7 Å². The van der Waals surface area contributed by atoms with Crippen LogP contribution in [0.25, 0.3) is 0 Å². The molecule has 1 heterocycles. The van der Waals surface area contributed by atoms with Gasteiger partial charge in [-0.2, -0.15) is 0 Å². The van der Waals surface area contributed by atoms with E-state index in [2.05, 4.69) is 29.1 Å². The third-order valence-corrected chi connectivity index (χ3v) is 2.77. The molecule has 0 saturated carbocycles. The van der Waals surface area contributed by atoms with Gasteiger partial charge in [-0.3, -0.25) is 4.79 Å². The molecule has 1 aromatic rings. The minimum Gasteiger partial charge on any atom is -0.370 e. The first-order valence-electron chi connectivity index (χ1n) is 6.75. The molecule has 0 spiro atoms. The zero-order valence-electron chi connectivity index (χ0n) is 12.3. The van der Waals surface area contributed by atoms with Crippen LogP contribution < -0.4 is 10.2 Å². The topological polar surface area (TPSA) is 58.1 Å². The van der Waals surface area contributed by atoms with Gasteiger partial charge in [0.1, 0.15) is 23.7 Å². The summed E-state index contributed by atoms with van der Waals surface area (Å²) >= 11 is 0. The molecule has 0 unspecified atom stereocenters. The number of ketones is 1. The third-order valence-electron chi connectivity index (χ3n) is 2.77. The molecule has 0 saturated heterocycles. The Hall–Kier alpha value is -1.65. The van der Waals surface area contributed by atoms with Crippen LogP contribution in [-0.2, 0) is 4.79 Å². The van der Waals surface area contributed by atoms with Crippen molar-refractivity contribution in [1.29, 1.82) is 0 Å². The Kier molecular flexibility index (Phi) is 6.25. The second-order valence-electron chi connectivity index (χ2n) is 5.28. The number of anilines is 2. The van der Waals surface area contributed by atoms with Crippen LogP contribution >= 0.6 is 0 Å². The zero-order chi connectivity index (χ0) is 14.3. The van der Waals surface area contributed by atoms with Crippen molar-refractivity contribution in [3.8, 4) is 0 Å². The lowest BCUT2D eigenvalue weighted by molar-refractivity contribution is -0.115. The molecule has 19 heavy (non-hydrogen) atoms. The fourth-order valence-corrected chi connectivity index (χ4v) is 1.79. The molecule has 5 nitrogen and oxygen atoms in total. The first kappa shape index (κ1) is 15.4. The number of carbonyl (C=O) groups is 1. The number of carbonyl (C=O) groups excluding carboxylic acids is 1. The van der Waals surface area contributed by atoms with Gasteiger partial charge in [0.25, 0.3) is 0 Å². The van der Waals surface area contributed by atoms with Crippen LogP contribution in [0.3, 0.4) is 0 Å². The Balaban J connectivity index is 2.49. The number of likely N-dealkylation sites (N-methyl/N-ethyl adjacent to an activating group) is 1. The minimum atomic E-state index is 0.118. The molecule has 0 aromatic carbocycles. The molecule has 5 heteroatoms. The fourth-order valence-electron chi connectivity index (χ4n) is 1.79. The number of Topliss-reactive ketones (excluding diaryl/α,β-unsaturated/α-hetero) is 1. The van der Waals surface area contributed by atoms with Crippen molar-refractivity contribution in [2.75, 3.05) is 30.4 Å². The molecule has 1 aromatic heterocycles. The quantitative estimate of drug-likeness (QED) is 0.730. The second-order valence-corrected chi connectivity index (χ2v) is 5.28. The maximum absolute atomic E-state index is 11.1. The van der Waals surface area contributed by atoms with Gasteiger partial charge >= 0.3 is 0 Å². The Morgan fingerprint density at radius 3 is 2.79 bits per heavy atom. The summed E-state index contributed by atoms with van der Waals surface area (Å²) in [6.45, 7) is 7.29. The van der Waals surface area contributed by atoms with E-state index in [-0.39, 0.29) is 5.78 Å². The van der Waals surface area contributed by atoms with Crippen LogP contribution in [0.4, 0.5) is 11.6 Å². The van der Waals surface area contributed by atoms with E-state index < -0.39 is 0 Å². The SMILES string of the molecule is CC(=O)CN(C)c1cc(NCCCC(C)C)ncn1. The highest BCUT2D eigenvalue weighted by Crippen LogP contribution is 2.13. The standard InChI is InChI=1S/C14H24N4O/c1-11(2)6-5-7-15-13-8-14(17-10-16-13)18(4)9-12(3)19/h8,10-11H,5-7,9H2,1-4H3,(H,15,16,17). The Morgan fingerprint density at radius 2 is 2.16 bits per heavy atom. The number of nitrogens with zero attached hydrogens (tertiary/aromatic N) is 3. The van der Waals surface area contributed by atoms with E-state index in [1.165, 1.54) is 12.7 Å². The molecule has 0 amide bonds. The monoisotopic (exact) mass is 264 g/mol. The summed E-state index contributed by atoms with van der Waals surface area (Å²) in [5.74, 6) is 2.41. The normalized spacial score (nSPS) is 10.6. The average Bonchev–Trinajstić information content (AvgIpc) is 2.34. The summed E-state index contributed by atoms with van der Waals surface area (Å²) in [6, 6.07) is 1.87. The van der Waals surface area contributed by atoms with Crippen LogP contribution in [0.1, 0.15) is 33.6 Å². The van der Waals surface area contributed by atoms with E-state index in [9.17, 15) is 4.79 Å². The molecular formula is C14H24N4O. The number of aromatic nitrogens is 2. The molecular weight excluding hydrogens is 240 g/mol.